The van der Waals surface area contributed by atoms with Crippen LogP contribution in [0.15, 0.2) is 0 Å². The summed E-state index contributed by atoms with van der Waals surface area (Å²) >= 11 is 0. The monoisotopic (exact) mass is 306 g/mol. The van der Waals surface area contributed by atoms with Crippen molar-refractivity contribution in [2.24, 2.45) is 0 Å². The number of ether oxygens (including phenoxy) is 1. The summed E-state index contributed by atoms with van der Waals surface area (Å²) in [5.74, 6) is -1.71. The summed E-state index contributed by atoms with van der Waals surface area (Å²) in [6.45, 7) is 6.73. The molecule has 0 bridgehead atoms. The molecule has 0 heterocycles. The fourth-order valence-corrected chi connectivity index (χ4v) is 1.28. The molecule has 0 saturated carbocycles. The number of carbonyl (C=O) groups excluding carboxylic acids is 1. The molecule has 0 aromatic rings. The number of hydrogen-bond acceptors (Lipinski definition) is 4. The highest BCUT2D eigenvalue weighted by Crippen LogP contribution is 2.07. The van der Waals surface area contributed by atoms with E-state index in [9.17, 15) is 4.79 Å². The van der Waals surface area contributed by atoms with Gasteiger partial charge >= 0.3 is 5.97 Å². The molecule has 0 aliphatic rings. The minimum absolute atomic E-state index is 0.0435. The molecule has 0 radical (unpaired) electrons. The summed E-state index contributed by atoms with van der Waals surface area (Å²) < 4.78 is 4.83. The third-order valence-corrected chi connectivity index (χ3v) is 2.04. The lowest BCUT2D eigenvalue weighted by atomic mass is 10.1. The van der Waals surface area contributed by atoms with Gasteiger partial charge in [-0.05, 0) is 13.3 Å². The highest BCUT2D eigenvalue weighted by atomic mass is 16.5. The minimum Gasteiger partial charge on any atom is -0.481 e. The van der Waals surface area contributed by atoms with Crippen LogP contribution in [0.3, 0.4) is 0 Å². The van der Waals surface area contributed by atoms with E-state index in [4.69, 9.17) is 24.5 Å². The number of carboxylic acids is 2. The van der Waals surface area contributed by atoms with Crippen molar-refractivity contribution in [3.05, 3.63) is 0 Å². The van der Waals surface area contributed by atoms with Crippen molar-refractivity contribution in [2.45, 2.75) is 72.6 Å². The maximum Gasteiger partial charge on any atom is 0.305 e. The highest BCUT2D eigenvalue weighted by molar-refractivity contribution is 5.69. The molecule has 0 atom stereocenters. The van der Waals surface area contributed by atoms with E-state index in [-0.39, 0.29) is 5.97 Å². The zero-order valence-electron chi connectivity index (χ0n) is 13.7. The first-order valence-corrected chi connectivity index (χ1v) is 7.32. The van der Waals surface area contributed by atoms with Crippen LogP contribution in [0.1, 0.15) is 72.6 Å². The molecule has 0 aliphatic carbocycles. The van der Waals surface area contributed by atoms with Crippen LogP contribution in [0.4, 0.5) is 0 Å². The molecule has 0 rings (SSSR count). The number of carboxylic acid groups (broad SMARTS) is 2. The molecular formula is C15H30O6. The van der Waals surface area contributed by atoms with Crippen LogP contribution in [0.25, 0.3) is 0 Å². The van der Waals surface area contributed by atoms with Crippen molar-refractivity contribution in [2.75, 3.05) is 6.61 Å². The van der Waals surface area contributed by atoms with Crippen molar-refractivity contribution in [3.63, 3.8) is 0 Å². The lowest BCUT2D eigenvalue weighted by Gasteiger charge is -2.01. The lowest BCUT2D eigenvalue weighted by Crippen LogP contribution is -2.03. The Labute approximate surface area is 127 Å². The van der Waals surface area contributed by atoms with Gasteiger partial charge in [0, 0.05) is 20.3 Å². The molecule has 0 aromatic carbocycles. The third kappa shape index (κ3) is 56.0. The third-order valence-electron chi connectivity index (χ3n) is 2.04. The van der Waals surface area contributed by atoms with Gasteiger partial charge in [0.25, 0.3) is 11.9 Å². The van der Waals surface area contributed by atoms with Gasteiger partial charge in [0.1, 0.15) is 0 Å². The summed E-state index contributed by atoms with van der Waals surface area (Å²) in [6, 6.07) is 0. The zero-order valence-corrected chi connectivity index (χ0v) is 13.7. The molecule has 0 saturated heterocycles. The molecule has 0 aromatic heterocycles. The number of aliphatic carboxylic acids is 2. The van der Waals surface area contributed by atoms with Gasteiger partial charge in [0.05, 0.1) is 6.61 Å². The van der Waals surface area contributed by atoms with Gasteiger partial charge in [0.15, 0.2) is 0 Å². The molecule has 2 N–H and O–H groups in total. The fraction of sp³-hybridized carbons (Fsp3) is 0.800. The Morgan fingerprint density at radius 2 is 1.19 bits per heavy atom. The van der Waals surface area contributed by atoms with Gasteiger partial charge in [-0.25, -0.2) is 0 Å². The van der Waals surface area contributed by atoms with E-state index in [0.717, 1.165) is 20.3 Å². The molecule has 126 valence electrons. The molecular weight excluding hydrogens is 276 g/mol. The second-order valence-electron chi connectivity index (χ2n) is 4.36. The summed E-state index contributed by atoms with van der Waals surface area (Å²) in [6.07, 6.45) is 7.91. The molecule has 21 heavy (non-hydrogen) atoms. The standard InChI is InChI=1S/C11H22O2.2C2H4O2/c1-3-5-6-7-8-9-10-11(12)13-4-2;2*1-2(3)4/h3-10H2,1-2H3;2*1H3,(H,3,4). The van der Waals surface area contributed by atoms with E-state index in [1.54, 1.807) is 0 Å². The summed E-state index contributed by atoms with van der Waals surface area (Å²) in [4.78, 5) is 28.9. The van der Waals surface area contributed by atoms with Crippen molar-refractivity contribution in [1.82, 2.24) is 0 Å². The number of hydrogen-bond donors (Lipinski definition) is 2. The number of esters is 1. The van der Waals surface area contributed by atoms with Crippen molar-refractivity contribution in [1.29, 1.82) is 0 Å². The van der Waals surface area contributed by atoms with Crippen molar-refractivity contribution in [3.8, 4) is 0 Å². The maximum absolute atomic E-state index is 10.9. The predicted molar refractivity (Wildman–Crippen MR) is 81.2 cm³/mol. The van der Waals surface area contributed by atoms with E-state index < -0.39 is 11.9 Å². The fourth-order valence-electron chi connectivity index (χ4n) is 1.28. The average Bonchev–Trinajstić information content (AvgIpc) is 2.32. The van der Waals surface area contributed by atoms with Gasteiger partial charge in [-0.15, -0.1) is 0 Å². The second-order valence-corrected chi connectivity index (χ2v) is 4.36. The Morgan fingerprint density at radius 3 is 1.57 bits per heavy atom. The molecule has 0 unspecified atom stereocenters. The maximum atomic E-state index is 10.9. The van der Waals surface area contributed by atoms with Gasteiger partial charge in [-0.3, -0.25) is 14.4 Å². The Hall–Kier alpha value is -1.59. The normalized spacial score (nSPS) is 8.57. The van der Waals surface area contributed by atoms with Crippen LogP contribution >= 0.6 is 0 Å². The largest absolute Gasteiger partial charge is 0.481 e. The zero-order chi connectivity index (χ0) is 17.1. The summed E-state index contributed by atoms with van der Waals surface area (Å²) in [5.41, 5.74) is 0. The van der Waals surface area contributed by atoms with Crippen LogP contribution < -0.4 is 0 Å². The Morgan fingerprint density at radius 1 is 0.810 bits per heavy atom. The van der Waals surface area contributed by atoms with E-state index in [2.05, 4.69) is 6.92 Å². The lowest BCUT2D eigenvalue weighted by molar-refractivity contribution is -0.143. The van der Waals surface area contributed by atoms with Gasteiger partial charge in [0.2, 0.25) is 0 Å². The summed E-state index contributed by atoms with van der Waals surface area (Å²) in [7, 11) is 0. The number of unbranched alkanes of at least 4 members (excludes halogenated alkanes) is 5. The van der Waals surface area contributed by atoms with E-state index >= 15 is 0 Å². The first kappa shape index (κ1) is 24.4. The first-order chi connectivity index (χ1) is 9.77. The van der Waals surface area contributed by atoms with Crippen LogP contribution in [-0.4, -0.2) is 34.7 Å². The van der Waals surface area contributed by atoms with Gasteiger partial charge in [-0.2, -0.15) is 0 Å². The molecule has 6 nitrogen and oxygen atoms in total. The number of carbonyl (C=O) groups is 3. The Kier molecular flexibility index (Phi) is 24.1. The van der Waals surface area contributed by atoms with Crippen LogP contribution in [0.5, 0.6) is 0 Å². The Bertz CT molecular complexity index is 243. The first-order valence-electron chi connectivity index (χ1n) is 7.32. The van der Waals surface area contributed by atoms with E-state index in [1.165, 1.54) is 32.1 Å². The predicted octanol–water partition coefficient (Wildman–Crippen LogP) is 3.48. The van der Waals surface area contributed by atoms with Crippen molar-refractivity contribution >= 4 is 17.9 Å². The number of rotatable bonds is 8. The highest BCUT2D eigenvalue weighted by Gasteiger charge is 1.99. The van der Waals surface area contributed by atoms with E-state index in [1.807, 2.05) is 6.92 Å². The minimum atomic E-state index is -0.833. The molecule has 6 heteroatoms. The molecule has 0 amide bonds. The summed E-state index contributed by atoms with van der Waals surface area (Å²) in [5, 5.41) is 14.8. The van der Waals surface area contributed by atoms with E-state index in [0.29, 0.717) is 13.0 Å². The van der Waals surface area contributed by atoms with Gasteiger partial charge in [-0.1, -0.05) is 39.0 Å². The van der Waals surface area contributed by atoms with Crippen molar-refractivity contribution < 1.29 is 29.3 Å². The Balaban J connectivity index is -0.000000334. The quantitative estimate of drug-likeness (QED) is 0.526. The topological polar surface area (TPSA) is 101 Å². The van der Waals surface area contributed by atoms with Crippen LogP contribution in [0.2, 0.25) is 0 Å². The van der Waals surface area contributed by atoms with Crippen LogP contribution in [-0.2, 0) is 19.1 Å². The second kappa shape index (κ2) is 20.7. The molecule has 0 spiro atoms. The average molecular weight is 306 g/mol. The SMILES string of the molecule is CC(=O)O.CC(=O)O.CCCCCCCCC(=O)OCC. The smallest absolute Gasteiger partial charge is 0.305 e. The molecule has 0 fully saturated rings. The van der Waals surface area contributed by atoms with Gasteiger partial charge < -0.3 is 14.9 Å². The molecule has 0 aliphatic heterocycles. The van der Waals surface area contributed by atoms with Crippen LogP contribution in [0, 0.1) is 0 Å².